The van der Waals surface area contributed by atoms with E-state index in [-0.39, 0.29) is 35.0 Å². The lowest BCUT2D eigenvalue weighted by Gasteiger charge is -2.48. The fraction of sp³-hybridized carbons (Fsp3) is 0.525. The van der Waals surface area contributed by atoms with Crippen LogP contribution in [0.25, 0.3) is 22.3 Å². The Morgan fingerprint density at radius 2 is 1.75 bits per heavy atom. The zero-order chi connectivity index (χ0) is 35.1. The zero-order valence-electron chi connectivity index (χ0n) is 29.9. The molecule has 1 spiro atoms. The maximum atomic E-state index is 14.9. The highest BCUT2D eigenvalue weighted by atomic mass is 19.1. The van der Waals surface area contributed by atoms with Crippen molar-refractivity contribution >= 4 is 40.0 Å². The van der Waals surface area contributed by atoms with Crippen molar-refractivity contribution in [1.29, 1.82) is 0 Å². The Morgan fingerprint density at radius 1 is 0.980 bits per heavy atom. The van der Waals surface area contributed by atoms with E-state index in [0.717, 1.165) is 66.6 Å². The monoisotopic (exact) mass is 690 g/mol. The summed E-state index contributed by atoms with van der Waals surface area (Å²) in [7, 11) is 0. The van der Waals surface area contributed by atoms with Crippen molar-refractivity contribution in [1.82, 2.24) is 29.3 Å². The number of halogens is 1. The molecule has 1 aromatic carbocycles. The van der Waals surface area contributed by atoms with Gasteiger partial charge in [-0.3, -0.25) is 14.6 Å². The van der Waals surface area contributed by atoms with Gasteiger partial charge in [0.2, 0.25) is 11.8 Å². The molecule has 266 valence electrons. The lowest BCUT2D eigenvalue weighted by Crippen LogP contribution is -2.58. The van der Waals surface area contributed by atoms with E-state index >= 15 is 0 Å². The lowest BCUT2D eigenvalue weighted by atomic mass is 9.73. The first-order chi connectivity index (χ1) is 24.6. The lowest BCUT2D eigenvalue weighted by molar-refractivity contribution is -0.140. The van der Waals surface area contributed by atoms with E-state index in [1.165, 1.54) is 25.5 Å². The number of nitrogens with one attached hydrogen (secondary N) is 1. The summed E-state index contributed by atoms with van der Waals surface area (Å²) in [5.74, 6) is 0.480. The third-order valence-corrected chi connectivity index (χ3v) is 12.6. The van der Waals surface area contributed by atoms with Crippen LogP contribution < -0.4 is 10.2 Å². The van der Waals surface area contributed by atoms with Gasteiger partial charge in [0.15, 0.2) is 11.6 Å². The number of piperidine rings is 2. The van der Waals surface area contributed by atoms with E-state index in [1.807, 2.05) is 15.5 Å². The van der Waals surface area contributed by atoms with Gasteiger partial charge in [-0.2, -0.15) is 0 Å². The Labute approximate surface area is 298 Å². The number of hydrogen-bond acceptors (Lipinski definition) is 7. The topological polar surface area (TPSA) is 99.5 Å². The number of amides is 2. The van der Waals surface area contributed by atoms with Gasteiger partial charge in [0.25, 0.3) is 0 Å². The number of carbonyl (C=O) groups excluding carboxylic acids is 2. The number of imidazole rings is 1. The molecule has 3 aliphatic heterocycles. The highest BCUT2D eigenvalue weighted by molar-refractivity contribution is 6.09. The van der Waals surface area contributed by atoms with Gasteiger partial charge in [-0.05, 0) is 102 Å². The summed E-state index contributed by atoms with van der Waals surface area (Å²) in [5, 5.41) is 3.23. The molecule has 0 unspecified atom stereocenters. The van der Waals surface area contributed by atoms with Crippen LogP contribution in [0.4, 0.5) is 21.6 Å². The second kappa shape index (κ2) is 12.1. The fourth-order valence-electron chi connectivity index (χ4n) is 9.11. The predicted octanol–water partition coefficient (Wildman–Crippen LogP) is 6.98. The summed E-state index contributed by atoms with van der Waals surface area (Å²) in [6.07, 6.45) is 13.5. The number of aromatic nitrogens is 4. The molecule has 51 heavy (non-hydrogen) atoms. The molecule has 0 radical (unpaired) electrons. The number of pyridine rings is 2. The van der Waals surface area contributed by atoms with Crippen molar-refractivity contribution in [3.05, 3.63) is 60.4 Å². The van der Waals surface area contributed by atoms with Gasteiger partial charge < -0.3 is 24.6 Å². The molecule has 2 amide bonds. The first kappa shape index (κ1) is 32.5. The molecular formula is C40H47FN8O2. The van der Waals surface area contributed by atoms with Crippen LogP contribution in [0, 0.1) is 11.2 Å². The molecule has 0 bridgehead atoms. The van der Waals surface area contributed by atoms with Crippen LogP contribution in [0.15, 0.2) is 49.1 Å². The summed E-state index contributed by atoms with van der Waals surface area (Å²) in [5.41, 5.74) is 4.60. The minimum Gasteiger partial charge on any atom is -0.342 e. The van der Waals surface area contributed by atoms with Crippen LogP contribution in [0.5, 0.6) is 0 Å². The van der Waals surface area contributed by atoms with Crippen LogP contribution in [0.3, 0.4) is 0 Å². The number of rotatable bonds is 7. The highest BCUT2D eigenvalue weighted by Crippen LogP contribution is 2.53. The molecule has 4 fully saturated rings. The van der Waals surface area contributed by atoms with Crippen molar-refractivity contribution < 1.29 is 14.0 Å². The summed E-state index contributed by atoms with van der Waals surface area (Å²) < 4.78 is 16.9. The van der Waals surface area contributed by atoms with Crippen molar-refractivity contribution in [3.8, 4) is 11.3 Å². The van der Waals surface area contributed by atoms with E-state index in [0.29, 0.717) is 43.5 Å². The predicted molar refractivity (Wildman–Crippen MR) is 195 cm³/mol. The molecule has 9 rings (SSSR count). The molecule has 11 heteroatoms. The number of nitrogens with zero attached hydrogens (tertiary/aromatic N) is 7. The summed E-state index contributed by atoms with van der Waals surface area (Å²) in [6.45, 7) is 9.74. The SMILES string of the molecule is CC(C)n1cnc2cc(-c3ccc4c(c3)N(C3CC(N5CCCCC5)C3)C(=O)C43CCN(C(=O)C4(C)CC4)CC3)nc(Nc3ccncc3F)c21. The third kappa shape index (κ3) is 5.33. The number of anilines is 3. The van der Waals surface area contributed by atoms with Gasteiger partial charge in [0.05, 0.1) is 34.8 Å². The average Bonchev–Trinajstić information content (AvgIpc) is 3.65. The third-order valence-electron chi connectivity index (χ3n) is 12.6. The molecule has 10 nitrogen and oxygen atoms in total. The normalized spacial score (nSPS) is 23.9. The second-order valence-corrected chi connectivity index (χ2v) is 16.2. The molecule has 3 aromatic heterocycles. The Morgan fingerprint density at radius 3 is 2.45 bits per heavy atom. The average molecular weight is 691 g/mol. The molecule has 2 saturated heterocycles. The minimum atomic E-state index is -0.635. The summed E-state index contributed by atoms with van der Waals surface area (Å²) >= 11 is 0. The number of carbonyl (C=O) groups is 2. The van der Waals surface area contributed by atoms with Crippen LogP contribution in [-0.4, -0.2) is 79.4 Å². The van der Waals surface area contributed by atoms with E-state index in [1.54, 1.807) is 18.6 Å². The summed E-state index contributed by atoms with van der Waals surface area (Å²) in [6, 6.07) is 10.7. The van der Waals surface area contributed by atoms with Gasteiger partial charge >= 0.3 is 0 Å². The van der Waals surface area contributed by atoms with E-state index in [4.69, 9.17) is 9.97 Å². The van der Waals surface area contributed by atoms with E-state index < -0.39 is 11.2 Å². The molecule has 2 saturated carbocycles. The molecule has 6 heterocycles. The molecule has 4 aromatic rings. The van der Waals surface area contributed by atoms with Crippen LogP contribution in [0.1, 0.15) is 90.2 Å². The van der Waals surface area contributed by atoms with Crippen molar-refractivity contribution in [2.24, 2.45) is 5.41 Å². The quantitative estimate of drug-likeness (QED) is 0.223. The smallest absolute Gasteiger partial charge is 0.238 e. The molecular weight excluding hydrogens is 643 g/mol. The van der Waals surface area contributed by atoms with Gasteiger partial charge in [0, 0.05) is 54.1 Å². The van der Waals surface area contributed by atoms with Gasteiger partial charge in [-0.1, -0.05) is 25.5 Å². The molecule has 5 aliphatic rings. The van der Waals surface area contributed by atoms with E-state index in [2.05, 4.69) is 59.1 Å². The number of benzene rings is 1. The fourth-order valence-corrected chi connectivity index (χ4v) is 9.11. The summed E-state index contributed by atoms with van der Waals surface area (Å²) in [4.78, 5) is 48.7. The first-order valence-electron chi connectivity index (χ1n) is 18.9. The maximum Gasteiger partial charge on any atom is 0.238 e. The maximum absolute atomic E-state index is 14.9. The number of hydrogen-bond donors (Lipinski definition) is 1. The molecule has 0 atom stereocenters. The van der Waals surface area contributed by atoms with Crippen LogP contribution in [-0.2, 0) is 15.0 Å². The number of likely N-dealkylation sites (tertiary alicyclic amines) is 2. The first-order valence-corrected chi connectivity index (χ1v) is 18.9. The Bertz CT molecular complexity index is 2020. The van der Waals surface area contributed by atoms with Gasteiger partial charge in [-0.15, -0.1) is 0 Å². The zero-order valence-corrected chi connectivity index (χ0v) is 29.9. The second-order valence-electron chi connectivity index (χ2n) is 16.2. The van der Waals surface area contributed by atoms with Gasteiger partial charge in [0.1, 0.15) is 5.52 Å². The van der Waals surface area contributed by atoms with Gasteiger partial charge in [-0.25, -0.2) is 14.4 Å². The van der Waals surface area contributed by atoms with Crippen molar-refractivity contribution in [2.45, 2.75) is 102 Å². The Balaban J connectivity index is 1.09. The van der Waals surface area contributed by atoms with Crippen molar-refractivity contribution in [2.75, 3.05) is 36.4 Å². The van der Waals surface area contributed by atoms with Crippen LogP contribution in [0.2, 0.25) is 0 Å². The number of fused-ring (bicyclic) bond motifs is 3. The Kier molecular flexibility index (Phi) is 7.72. The van der Waals surface area contributed by atoms with Crippen molar-refractivity contribution in [3.63, 3.8) is 0 Å². The largest absolute Gasteiger partial charge is 0.342 e. The van der Waals surface area contributed by atoms with Crippen LogP contribution >= 0.6 is 0 Å². The standard InChI is InChI=1S/C40H47FN8O2/c1-25(2)48-24-43-33-22-32(45-36(35(33)48)44-31-9-14-42-23-30(31)41)26-7-8-29-34(19-26)49(28-20-27(21-28)46-15-5-4-6-16-46)38(51)40(29)12-17-47(18-13-40)37(50)39(3)10-11-39/h7-9,14,19,22-25,27-28H,4-6,10-13,15-18,20-21H2,1-3H3,(H,42,44,45). The highest BCUT2D eigenvalue weighted by Gasteiger charge is 2.57. The minimum absolute atomic E-state index is 0.117. The Hall–Kier alpha value is -4.38. The molecule has 1 N–H and O–H groups in total. The van der Waals surface area contributed by atoms with E-state index in [9.17, 15) is 14.0 Å². The molecule has 2 aliphatic carbocycles.